The monoisotopic (exact) mass is 334 g/mol. The number of hydrogen-bond donors (Lipinski definition) is 1. The molecule has 0 unspecified atom stereocenters. The van der Waals surface area contributed by atoms with Crippen molar-refractivity contribution in [3.05, 3.63) is 75.8 Å². The fourth-order valence-corrected chi connectivity index (χ4v) is 3.71. The molecule has 23 heavy (non-hydrogen) atoms. The van der Waals surface area contributed by atoms with Crippen LogP contribution in [0.15, 0.2) is 59.5 Å². The minimum atomic E-state index is -3.88. The molecule has 0 aliphatic carbocycles. The van der Waals surface area contributed by atoms with Gasteiger partial charge in [0.25, 0.3) is 0 Å². The highest BCUT2D eigenvalue weighted by molar-refractivity contribution is 7.89. The third-order valence-corrected chi connectivity index (χ3v) is 5.16. The first-order valence-corrected chi connectivity index (χ1v) is 8.49. The SMILES string of the molecule is Cc1ccc(S(=O)(=O)N[C@](C)(C[N+](=O)[O-])c2ccccc2)cc1. The minimum absolute atomic E-state index is 0.0774. The van der Waals surface area contributed by atoms with Crippen molar-refractivity contribution < 1.29 is 13.3 Å². The van der Waals surface area contributed by atoms with Crippen LogP contribution in [-0.4, -0.2) is 19.9 Å². The van der Waals surface area contributed by atoms with E-state index in [1.54, 1.807) is 42.5 Å². The number of nitro groups is 1. The fraction of sp³-hybridized carbons (Fsp3) is 0.250. The van der Waals surface area contributed by atoms with Gasteiger partial charge in [0.15, 0.2) is 0 Å². The maximum absolute atomic E-state index is 12.6. The molecule has 1 N–H and O–H groups in total. The second-order valence-electron chi connectivity index (χ2n) is 5.61. The summed E-state index contributed by atoms with van der Waals surface area (Å²) in [5, 5.41) is 11.0. The Morgan fingerprint density at radius 1 is 1.09 bits per heavy atom. The van der Waals surface area contributed by atoms with Crippen LogP contribution in [0.4, 0.5) is 0 Å². The molecule has 122 valence electrons. The van der Waals surface area contributed by atoms with Gasteiger partial charge in [-0.15, -0.1) is 0 Å². The van der Waals surface area contributed by atoms with Gasteiger partial charge < -0.3 is 0 Å². The van der Waals surface area contributed by atoms with Crippen molar-refractivity contribution in [1.29, 1.82) is 0 Å². The van der Waals surface area contributed by atoms with Crippen molar-refractivity contribution in [2.75, 3.05) is 6.54 Å². The number of sulfonamides is 1. The largest absolute Gasteiger partial charge is 0.264 e. The van der Waals surface area contributed by atoms with Gasteiger partial charge in [-0.25, -0.2) is 8.42 Å². The molecule has 0 aliphatic heterocycles. The lowest BCUT2D eigenvalue weighted by Gasteiger charge is -2.27. The molecule has 0 bridgehead atoms. The first kappa shape index (κ1) is 17.1. The lowest BCUT2D eigenvalue weighted by Crippen LogP contribution is -2.48. The molecule has 2 aromatic rings. The van der Waals surface area contributed by atoms with Crippen LogP contribution in [0.5, 0.6) is 0 Å². The molecule has 0 amide bonds. The average Bonchev–Trinajstić information content (AvgIpc) is 2.47. The molecule has 0 saturated heterocycles. The van der Waals surface area contributed by atoms with E-state index in [-0.39, 0.29) is 4.90 Å². The number of aryl methyl sites for hydroxylation is 1. The third kappa shape index (κ3) is 4.14. The Morgan fingerprint density at radius 3 is 2.17 bits per heavy atom. The molecule has 6 nitrogen and oxygen atoms in total. The smallest absolute Gasteiger partial charge is 0.241 e. The first-order valence-electron chi connectivity index (χ1n) is 7.01. The summed E-state index contributed by atoms with van der Waals surface area (Å²) in [5.41, 5.74) is 0.126. The van der Waals surface area contributed by atoms with Crippen molar-refractivity contribution >= 4 is 10.0 Å². The quantitative estimate of drug-likeness (QED) is 0.649. The van der Waals surface area contributed by atoms with Crippen molar-refractivity contribution in [1.82, 2.24) is 4.72 Å². The van der Waals surface area contributed by atoms with Gasteiger partial charge in [0.2, 0.25) is 16.6 Å². The van der Waals surface area contributed by atoms with E-state index in [1.165, 1.54) is 19.1 Å². The molecule has 0 spiro atoms. The van der Waals surface area contributed by atoms with Crippen molar-refractivity contribution in [2.45, 2.75) is 24.3 Å². The van der Waals surface area contributed by atoms with Gasteiger partial charge in [-0.1, -0.05) is 48.0 Å². The second-order valence-corrected chi connectivity index (χ2v) is 7.29. The summed E-state index contributed by atoms with van der Waals surface area (Å²) in [6.45, 7) is 2.81. The van der Waals surface area contributed by atoms with Crippen LogP contribution >= 0.6 is 0 Å². The maximum atomic E-state index is 12.6. The normalized spacial score (nSPS) is 14.2. The molecule has 0 aliphatic rings. The number of nitrogens with zero attached hydrogens (tertiary/aromatic N) is 1. The number of rotatable bonds is 6. The van der Waals surface area contributed by atoms with Crippen LogP contribution in [0.1, 0.15) is 18.1 Å². The van der Waals surface area contributed by atoms with E-state index in [9.17, 15) is 18.5 Å². The van der Waals surface area contributed by atoms with Crippen molar-refractivity contribution in [3.8, 4) is 0 Å². The van der Waals surface area contributed by atoms with E-state index in [0.717, 1.165) is 5.56 Å². The van der Waals surface area contributed by atoms with Crippen LogP contribution in [0.3, 0.4) is 0 Å². The lowest BCUT2D eigenvalue weighted by atomic mass is 9.93. The van der Waals surface area contributed by atoms with Gasteiger partial charge in [0, 0.05) is 4.92 Å². The predicted octanol–water partition coefficient (Wildman–Crippen LogP) is 2.47. The topological polar surface area (TPSA) is 89.3 Å². The van der Waals surface area contributed by atoms with Crippen LogP contribution in [0.25, 0.3) is 0 Å². The highest BCUT2D eigenvalue weighted by Crippen LogP contribution is 2.24. The molecular weight excluding hydrogens is 316 g/mol. The molecule has 0 aromatic heterocycles. The zero-order chi connectivity index (χ0) is 17.1. The standard InChI is InChI=1S/C16H18N2O4S/c1-13-8-10-15(11-9-13)23(21,22)17-16(2,12-18(19)20)14-6-4-3-5-7-14/h3-11,17H,12H2,1-2H3/t16-/m1/s1. The average molecular weight is 334 g/mol. The summed E-state index contributed by atoms with van der Waals surface area (Å²) in [6.07, 6.45) is 0. The summed E-state index contributed by atoms with van der Waals surface area (Å²) >= 11 is 0. The van der Waals surface area contributed by atoms with E-state index in [4.69, 9.17) is 0 Å². The van der Waals surface area contributed by atoms with Gasteiger partial charge in [0.05, 0.1) is 4.90 Å². The summed E-state index contributed by atoms with van der Waals surface area (Å²) in [5.74, 6) is 0. The summed E-state index contributed by atoms with van der Waals surface area (Å²) in [6, 6.07) is 14.9. The molecule has 2 rings (SSSR count). The Labute approximate surface area is 135 Å². The highest BCUT2D eigenvalue weighted by Gasteiger charge is 2.37. The minimum Gasteiger partial charge on any atom is -0.264 e. The van der Waals surface area contributed by atoms with Gasteiger partial charge in [0.1, 0.15) is 5.54 Å². The highest BCUT2D eigenvalue weighted by atomic mass is 32.2. The molecule has 0 saturated carbocycles. The van der Waals surface area contributed by atoms with Crippen LogP contribution in [-0.2, 0) is 15.6 Å². The van der Waals surface area contributed by atoms with E-state index in [0.29, 0.717) is 5.56 Å². The Hall–Kier alpha value is -2.25. The maximum Gasteiger partial charge on any atom is 0.241 e. The lowest BCUT2D eigenvalue weighted by molar-refractivity contribution is -0.490. The number of nitrogens with one attached hydrogen (secondary N) is 1. The van der Waals surface area contributed by atoms with Gasteiger partial charge in [-0.05, 0) is 31.5 Å². The zero-order valence-corrected chi connectivity index (χ0v) is 13.7. The zero-order valence-electron chi connectivity index (χ0n) is 12.9. The summed E-state index contributed by atoms with van der Waals surface area (Å²) < 4.78 is 27.6. The van der Waals surface area contributed by atoms with Gasteiger partial charge in [-0.2, -0.15) is 4.72 Å². The van der Waals surface area contributed by atoms with Crippen LogP contribution in [0.2, 0.25) is 0 Å². The van der Waals surface area contributed by atoms with Gasteiger partial charge >= 0.3 is 0 Å². The Bertz CT molecular complexity index is 789. The Kier molecular flexibility index (Phi) is 4.82. The first-order chi connectivity index (χ1) is 10.7. The fourth-order valence-electron chi connectivity index (χ4n) is 2.32. The molecule has 1 atom stereocenters. The molecular formula is C16H18N2O4S. The predicted molar refractivity (Wildman–Crippen MR) is 87.2 cm³/mol. The molecule has 0 radical (unpaired) electrons. The number of benzene rings is 2. The van der Waals surface area contributed by atoms with Crippen LogP contribution in [0, 0.1) is 17.0 Å². The second kappa shape index (κ2) is 6.47. The van der Waals surface area contributed by atoms with E-state index >= 15 is 0 Å². The van der Waals surface area contributed by atoms with Crippen LogP contribution < -0.4 is 4.72 Å². The summed E-state index contributed by atoms with van der Waals surface area (Å²) in [7, 11) is -3.88. The van der Waals surface area contributed by atoms with Crippen molar-refractivity contribution in [2.24, 2.45) is 0 Å². The van der Waals surface area contributed by atoms with Crippen molar-refractivity contribution in [3.63, 3.8) is 0 Å². The van der Waals surface area contributed by atoms with E-state index in [2.05, 4.69) is 4.72 Å². The molecule has 7 heteroatoms. The third-order valence-electron chi connectivity index (χ3n) is 3.55. The number of hydrogen-bond acceptors (Lipinski definition) is 4. The van der Waals surface area contributed by atoms with E-state index < -0.39 is 27.0 Å². The Morgan fingerprint density at radius 2 is 1.65 bits per heavy atom. The van der Waals surface area contributed by atoms with Gasteiger partial charge in [-0.3, -0.25) is 10.1 Å². The Balaban J connectivity index is 2.41. The molecule has 0 heterocycles. The van der Waals surface area contributed by atoms with E-state index in [1.807, 2.05) is 6.92 Å². The summed E-state index contributed by atoms with van der Waals surface area (Å²) in [4.78, 5) is 10.6. The molecule has 2 aromatic carbocycles. The molecule has 0 fully saturated rings.